The molecule has 0 aliphatic heterocycles. The summed E-state index contributed by atoms with van der Waals surface area (Å²) in [6, 6.07) is 0. The lowest BCUT2D eigenvalue weighted by Gasteiger charge is -2.08. The third-order valence-corrected chi connectivity index (χ3v) is 2.16. The fourth-order valence-corrected chi connectivity index (χ4v) is 1.25. The molecule has 0 aromatic heterocycles. The molecule has 11 heavy (non-hydrogen) atoms. The van der Waals surface area contributed by atoms with E-state index < -0.39 is 0 Å². The number of halogens is 1. The zero-order chi connectivity index (χ0) is 8.27. The molecular weight excluding hydrogens is 210 g/mol. The quantitative estimate of drug-likeness (QED) is 0.403. The van der Waals surface area contributed by atoms with Gasteiger partial charge in [-0.3, -0.25) is 10.1 Å². The highest BCUT2D eigenvalue weighted by Crippen LogP contribution is 2.21. The van der Waals surface area contributed by atoms with Crippen LogP contribution in [0.4, 0.5) is 0 Å². The SMILES string of the molecule is O=[N+]([O-])C1=CC=C[C](CBr)C1. The summed E-state index contributed by atoms with van der Waals surface area (Å²) in [5.41, 5.74) is 0.266. The number of hydrogen-bond donors (Lipinski definition) is 0. The standard InChI is InChI=1S/C7H7BrNO2/c8-5-6-2-1-3-7(4-6)9(10)11/h1-3H,4-5H2. The van der Waals surface area contributed by atoms with Crippen LogP contribution < -0.4 is 0 Å². The van der Waals surface area contributed by atoms with Crippen molar-refractivity contribution in [1.29, 1.82) is 0 Å². The Morgan fingerprint density at radius 3 is 3.00 bits per heavy atom. The first-order valence-electron chi connectivity index (χ1n) is 3.16. The number of rotatable bonds is 2. The van der Waals surface area contributed by atoms with Gasteiger partial charge >= 0.3 is 0 Å². The summed E-state index contributed by atoms with van der Waals surface area (Å²) in [4.78, 5) is 9.95. The van der Waals surface area contributed by atoms with Gasteiger partial charge in [0.15, 0.2) is 0 Å². The maximum Gasteiger partial charge on any atom is 0.247 e. The molecule has 0 saturated carbocycles. The Kier molecular flexibility index (Phi) is 2.82. The molecule has 1 radical (unpaired) electrons. The molecule has 0 amide bonds. The largest absolute Gasteiger partial charge is 0.259 e. The fourth-order valence-electron chi connectivity index (χ4n) is 0.863. The number of alkyl halides is 1. The van der Waals surface area contributed by atoms with Gasteiger partial charge in [0.2, 0.25) is 5.70 Å². The van der Waals surface area contributed by atoms with E-state index in [2.05, 4.69) is 15.9 Å². The van der Waals surface area contributed by atoms with Crippen LogP contribution in [-0.4, -0.2) is 10.3 Å². The molecule has 0 aromatic carbocycles. The van der Waals surface area contributed by atoms with Crippen molar-refractivity contribution in [2.24, 2.45) is 0 Å². The van der Waals surface area contributed by atoms with Crippen LogP contribution in [0.15, 0.2) is 23.9 Å². The Morgan fingerprint density at radius 1 is 1.73 bits per heavy atom. The smallest absolute Gasteiger partial charge is 0.247 e. The van der Waals surface area contributed by atoms with Crippen molar-refractivity contribution < 1.29 is 4.92 Å². The van der Waals surface area contributed by atoms with Crippen LogP contribution >= 0.6 is 15.9 Å². The fraction of sp³-hybridized carbons (Fsp3) is 0.286. The average molecular weight is 217 g/mol. The molecule has 0 bridgehead atoms. The molecular formula is C7H7BrNO2. The van der Waals surface area contributed by atoms with E-state index in [9.17, 15) is 10.1 Å². The lowest BCUT2D eigenvalue weighted by Crippen LogP contribution is -2.07. The Morgan fingerprint density at radius 2 is 2.45 bits per heavy atom. The van der Waals surface area contributed by atoms with Gasteiger partial charge in [0, 0.05) is 23.7 Å². The summed E-state index contributed by atoms with van der Waals surface area (Å²) in [6.45, 7) is 0. The summed E-state index contributed by atoms with van der Waals surface area (Å²) in [5, 5.41) is 11.0. The molecule has 0 aromatic rings. The second-order valence-electron chi connectivity index (χ2n) is 2.24. The van der Waals surface area contributed by atoms with Gasteiger partial charge in [-0.15, -0.1) is 0 Å². The molecule has 0 saturated heterocycles. The maximum absolute atomic E-state index is 10.3. The monoisotopic (exact) mass is 216 g/mol. The molecule has 0 heterocycles. The predicted molar refractivity (Wildman–Crippen MR) is 45.9 cm³/mol. The molecule has 1 rings (SSSR count). The van der Waals surface area contributed by atoms with Crippen molar-refractivity contribution in [2.75, 3.05) is 5.33 Å². The number of nitro groups is 1. The Labute approximate surface area is 73.1 Å². The van der Waals surface area contributed by atoms with Gasteiger partial charge in [-0.1, -0.05) is 28.1 Å². The second-order valence-corrected chi connectivity index (χ2v) is 2.80. The van der Waals surface area contributed by atoms with Gasteiger partial charge in [-0.2, -0.15) is 0 Å². The average Bonchev–Trinajstić information content (AvgIpc) is 2.05. The van der Waals surface area contributed by atoms with Crippen molar-refractivity contribution in [1.82, 2.24) is 0 Å². The van der Waals surface area contributed by atoms with Crippen LogP contribution in [0.25, 0.3) is 0 Å². The number of nitrogens with zero attached hydrogens (tertiary/aromatic N) is 1. The van der Waals surface area contributed by atoms with Crippen LogP contribution in [-0.2, 0) is 0 Å². The highest BCUT2D eigenvalue weighted by Gasteiger charge is 2.18. The zero-order valence-corrected chi connectivity index (χ0v) is 7.37. The highest BCUT2D eigenvalue weighted by atomic mass is 79.9. The van der Waals surface area contributed by atoms with Gasteiger partial charge in [0.1, 0.15) is 0 Å². The molecule has 0 unspecified atom stereocenters. The zero-order valence-electron chi connectivity index (χ0n) is 5.79. The first-order valence-corrected chi connectivity index (χ1v) is 4.28. The summed E-state index contributed by atoms with van der Waals surface area (Å²) in [5.74, 6) is 1.04. The molecule has 1 aliphatic carbocycles. The third-order valence-electron chi connectivity index (χ3n) is 1.43. The highest BCUT2D eigenvalue weighted by molar-refractivity contribution is 9.09. The summed E-state index contributed by atoms with van der Waals surface area (Å²) in [6.07, 6.45) is 5.58. The van der Waals surface area contributed by atoms with Gasteiger partial charge in [0.05, 0.1) is 4.92 Å². The number of allylic oxidation sites excluding steroid dienone is 4. The van der Waals surface area contributed by atoms with E-state index in [1.165, 1.54) is 6.08 Å². The minimum Gasteiger partial charge on any atom is -0.259 e. The summed E-state index contributed by atoms with van der Waals surface area (Å²) < 4.78 is 0. The van der Waals surface area contributed by atoms with Crippen LogP contribution in [0.2, 0.25) is 0 Å². The van der Waals surface area contributed by atoms with E-state index in [1.807, 2.05) is 6.08 Å². The van der Waals surface area contributed by atoms with Gasteiger partial charge in [-0.05, 0) is 0 Å². The van der Waals surface area contributed by atoms with Gasteiger partial charge in [0.25, 0.3) is 0 Å². The van der Waals surface area contributed by atoms with E-state index in [1.54, 1.807) is 6.08 Å². The molecule has 1 aliphatic rings. The number of hydrogen-bond acceptors (Lipinski definition) is 2. The van der Waals surface area contributed by atoms with Crippen molar-refractivity contribution in [3.05, 3.63) is 40.0 Å². The van der Waals surface area contributed by atoms with Crippen molar-refractivity contribution in [3.8, 4) is 0 Å². The van der Waals surface area contributed by atoms with Gasteiger partial charge < -0.3 is 0 Å². The van der Waals surface area contributed by atoms with Gasteiger partial charge in [-0.25, -0.2) is 0 Å². The minimum absolute atomic E-state index is 0.266. The predicted octanol–water partition coefficient (Wildman–Crippen LogP) is 2.08. The first kappa shape index (κ1) is 8.46. The first-order chi connectivity index (χ1) is 5.24. The summed E-state index contributed by atoms with van der Waals surface area (Å²) >= 11 is 3.25. The van der Waals surface area contributed by atoms with E-state index in [4.69, 9.17) is 0 Å². The summed E-state index contributed by atoms with van der Waals surface area (Å²) in [7, 11) is 0. The minimum atomic E-state index is -0.341. The molecule has 0 N–H and O–H groups in total. The Hall–Kier alpha value is -0.640. The molecule has 0 fully saturated rings. The van der Waals surface area contributed by atoms with E-state index in [0.717, 1.165) is 5.92 Å². The second kappa shape index (κ2) is 3.67. The van der Waals surface area contributed by atoms with Crippen LogP contribution in [0.1, 0.15) is 6.42 Å². The van der Waals surface area contributed by atoms with Crippen LogP contribution in [0.5, 0.6) is 0 Å². The lowest BCUT2D eigenvalue weighted by atomic mass is 10.0. The molecule has 3 nitrogen and oxygen atoms in total. The topological polar surface area (TPSA) is 43.1 Å². The molecule has 4 heteroatoms. The van der Waals surface area contributed by atoms with E-state index in [0.29, 0.717) is 11.8 Å². The van der Waals surface area contributed by atoms with Crippen molar-refractivity contribution >= 4 is 15.9 Å². The van der Waals surface area contributed by atoms with Crippen molar-refractivity contribution in [3.63, 3.8) is 0 Å². The third kappa shape index (κ3) is 2.15. The van der Waals surface area contributed by atoms with Crippen LogP contribution in [0.3, 0.4) is 0 Å². The normalized spacial score (nSPS) is 18.1. The Bertz CT molecular complexity index is 222. The van der Waals surface area contributed by atoms with E-state index >= 15 is 0 Å². The maximum atomic E-state index is 10.3. The lowest BCUT2D eigenvalue weighted by molar-refractivity contribution is -0.427. The van der Waals surface area contributed by atoms with Crippen LogP contribution in [0, 0.1) is 16.0 Å². The van der Waals surface area contributed by atoms with E-state index in [-0.39, 0.29) is 10.6 Å². The van der Waals surface area contributed by atoms with Crippen molar-refractivity contribution in [2.45, 2.75) is 6.42 Å². The molecule has 0 spiro atoms. The Balaban J connectivity index is 2.64. The molecule has 59 valence electrons. The molecule has 0 atom stereocenters.